The highest BCUT2D eigenvalue weighted by atomic mass is 16.3. The van der Waals surface area contributed by atoms with Crippen LogP contribution in [0.25, 0.3) is 0 Å². The summed E-state index contributed by atoms with van der Waals surface area (Å²) in [6.07, 6.45) is 5.53. The topological polar surface area (TPSA) is 20.2 Å². The largest absolute Gasteiger partial charge is 0.393 e. The van der Waals surface area contributed by atoms with Crippen molar-refractivity contribution in [3.05, 3.63) is 35.4 Å². The van der Waals surface area contributed by atoms with E-state index < -0.39 is 0 Å². The summed E-state index contributed by atoms with van der Waals surface area (Å²) < 4.78 is 0. The molecule has 1 fully saturated rings. The van der Waals surface area contributed by atoms with Crippen molar-refractivity contribution in [3.63, 3.8) is 0 Å². The van der Waals surface area contributed by atoms with Gasteiger partial charge in [0.15, 0.2) is 0 Å². The first-order valence-corrected chi connectivity index (χ1v) is 6.01. The minimum absolute atomic E-state index is 0.0860. The molecule has 15 heavy (non-hydrogen) atoms. The van der Waals surface area contributed by atoms with E-state index in [0.29, 0.717) is 5.92 Å². The first kappa shape index (κ1) is 10.7. The minimum Gasteiger partial charge on any atom is -0.393 e. The lowest BCUT2D eigenvalue weighted by atomic mass is 9.88. The summed E-state index contributed by atoms with van der Waals surface area (Å²) in [6, 6.07) is 8.59. The van der Waals surface area contributed by atoms with Gasteiger partial charge in [0.1, 0.15) is 0 Å². The Morgan fingerprint density at radius 3 is 2.67 bits per heavy atom. The van der Waals surface area contributed by atoms with E-state index in [0.717, 1.165) is 12.8 Å². The van der Waals surface area contributed by atoms with Crippen molar-refractivity contribution in [2.75, 3.05) is 0 Å². The maximum Gasteiger partial charge on any atom is 0.0546 e. The van der Waals surface area contributed by atoms with Crippen LogP contribution in [0.15, 0.2) is 24.3 Å². The summed E-state index contributed by atoms with van der Waals surface area (Å²) in [5, 5.41) is 9.81. The first-order chi connectivity index (χ1) is 7.27. The van der Waals surface area contributed by atoms with E-state index >= 15 is 0 Å². The van der Waals surface area contributed by atoms with E-state index in [1.54, 1.807) is 0 Å². The van der Waals surface area contributed by atoms with Crippen LogP contribution in [-0.2, 0) is 0 Å². The van der Waals surface area contributed by atoms with Gasteiger partial charge in [-0.05, 0) is 43.2 Å². The molecule has 0 bridgehead atoms. The van der Waals surface area contributed by atoms with Gasteiger partial charge >= 0.3 is 0 Å². The summed E-state index contributed by atoms with van der Waals surface area (Å²) in [7, 11) is 0. The van der Waals surface area contributed by atoms with Gasteiger partial charge in [-0.15, -0.1) is 0 Å². The van der Waals surface area contributed by atoms with E-state index in [1.165, 1.54) is 30.4 Å². The van der Waals surface area contributed by atoms with E-state index in [1.807, 2.05) is 0 Å². The van der Waals surface area contributed by atoms with Gasteiger partial charge in [0.25, 0.3) is 0 Å². The number of hydrogen-bond acceptors (Lipinski definition) is 1. The Hall–Kier alpha value is -0.820. The molecule has 1 N–H and O–H groups in total. The van der Waals surface area contributed by atoms with Crippen LogP contribution in [0.2, 0.25) is 0 Å². The van der Waals surface area contributed by atoms with Gasteiger partial charge in [0.2, 0.25) is 0 Å². The second-order valence-electron chi connectivity index (χ2n) is 4.73. The Balaban J connectivity index is 2.18. The van der Waals surface area contributed by atoms with E-state index in [-0.39, 0.29) is 6.10 Å². The highest BCUT2D eigenvalue weighted by molar-refractivity contribution is 5.29. The summed E-state index contributed by atoms with van der Waals surface area (Å²) in [4.78, 5) is 0. The number of hydrogen-bond donors (Lipinski definition) is 1. The van der Waals surface area contributed by atoms with Crippen LogP contribution < -0.4 is 0 Å². The van der Waals surface area contributed by atoms with Crippen molar-refractivity contribution in [2.24, 2.45) is 0 Å². The van der Waals surface area contributed by atoms with E-state index in [9.17, 15) is 5.11 Å². The first-order valence-electron chi connectivity index (χ1n) is 6.01. The second-order valence-corrected chi connectivity index (χ2v) is 4.73. The van der Waals surface area contributed by atoms with Crippen molar-refractivity contribution in [1.29, 1.82) is 0 Å². The molecule has 2 atom stereocenters. The lowest BCUT2D eigenvalue weighted by molar-refractivity contribution is 0.152. The van der Waals surface area contributed by atoms with Crippen LogP contribution in [-0.4, -0.2) is 11.2 Å². The molecule has 0 heterocycles. The van der Waals surface area contributed by atoms with Crippen molar-refractivity contribution in [3.8, 4) is 0 Å². The molecule has 0 aliphatic heterocycles. The smallest absolute Gasteiger partial charge is 0.0546 e. The molecule has 1 heteroatoms. The quantitative estimate of drug-likeness (QED) is 0.695. The van der Waals surface area contributed by atoms with Crippen LogP contribution in [0.5, 0.6) is 0 Å². The van der Waals surface area contributed by atoms with Gasteiger partial charge in [0.05, 0.1) is 6.10 Å². The summed E-state index contributed by atoms with van der Waals surface area (Å²) >= 11 is 0. The molecule has 1 aliphatic carbocycles. The molecule has 0 radical (unpaired) electrons. The Kier molecular flexibility index (Phi) is 3.42. The monoisotopic (exact) mass is 204 g/mol. The van der Waals surface area contributed by atoms with Crippen LogP contribution >= 0.6 is 0 Å². The zero-order valence-corrected chi connectivity index (χ0v) is 9.45. The molecule has 1 nitrogen and oxygen atoms in total. The maximum absolute atomic E-state index is 9.81. The average Bonchev–Trinajstić information content (AvgIpc) is 2.43. The molecule has 0 unspecified atom stereocenters. The molecule has 0 saturated heterocycles. The number of rotatable bonds is 1. The zero-order chi connectivity index (χ0) is 10.7. The number of aliphatic hydroxyl groups is 1. The lowest BCUT2D eigenvalue weighted by Gasteiger charge is -2.18. The fourth-order valence-electron chi connectivity index (χ4n) is 2.66. The fourth-order valence-corrected chi connectivity index (χ4v) is 2.66. The fraction of sp³-hybridized carbons (Fsp3) is 0.571. The highest BCUT2D eigenvalue weighted by Crippen LogP contribution is 2.33. The molecule has 1 aromatic carbocycles. The van der Waals surface area contributed by atoms with Crippen LogP contribution in [0.4, 0.5) is 0 Å². The lowest BCUT2D eigenvalue weighted by Crippen LogP contribution is -2.10. The van der Waals surface area contributed by atoms with Gasteiger partial charge in [-0.2, -0.15) is 0 Å². The summed E-state index contributed by atoms with van der Waals surface area (Å²) in [5.41, 5.74) is 2.81. The SMILES string of the molecule is Cc1ccccc1[C@@H]1CCCC[C@@H](O)C1. The standard InChI is InChI=1S/C14H20O/c1-11-6-2-5-9-14(11)12-7-3-4-8-13(15)10-12/h2,5-6,9,12-13,15H,3-4,7-8,10H2,1H3/t12-,13-/m1/s1. The number of aryl methyl sites for hydroxylation is 1. The van der Waals surface area contributed by atoms with E-state index in [2.05, 4.69) is 31.2 Å². The number of benzene rings is 1. The van der Waals surface area contributed by atoms with Gasteiger partial charge in [-0.25, -0.2) is 0 Å². The van der Waals surface area contributed by atoms with Gasteiger partial charge in [-0.3, -0.25) is 0 Å². The average molecular weight is 204 g/mol. The molecule has 0 aromatic heterocycles. The molecular formula is C14H20O. The van der Waals surface area contributed by atoms with Crippen LogP contribution in [0.1, 0.15) is 49.1 Å². The Labute approximate surface area is 92.1 Å². The molecule has 1 aromatic rings. The van der Waals surface area contributed by atoms with Crippen molar-refractivity contribution in [1.82, 2.24) is 0 Å². The summed E-state index contributed by atoms with van der Waals surface area (Å²) in [6.45, 7) is 2.17. The van der Waals surface area contributed by atoms with E-state index in [4.69, 9.17) is 0 Å². The van der Waals surface area contributed by atoms with Crippen molar-refractivity contribution < 1.29 is 5.11 Å². The third kappa shape index (κ3) is 2.60. The van der Waals surface area contributed by atoms with Gasteiger partial charge < -0.3 is 5.11 Å². The maximum atomic E-state index is 9.81. The molecule has 82 valence electrons. The summed E-state index contributed by atoms with van der Waals surface area (Å²) in [5.74, 6) is 0.573. The Bertz CT molecular complexity index is 319. The number of aliphatic hydroxyl groups excluding tert-OH is 1. The Morgan fingerprint density at radius 2 is 1.87 bits per heavy atom. The van der Waals surface area contributed by atoms with Crippen molar-refractivity contribution in [2.45, 2.75) is 51.0 Å². The normalized spacial score (nSPS) is 27.3. The predicted molar refractivity (Wildman–Crippen MR) is 63.0 cm³/mol. The van der Waals surface area contributed by atoms with Crippen LogP contribution in [0.3, 0.4) is 0 Å². The molecule has 1 saturated carbocycles. The molecular weight excluding hydrogens is 184 g/mol. The molecule has 2 rings (SSSR count). The van der Waals surface area contributed by atoms with Gasteiger partial charge in [-0.1, -0.05) is 37.1 Å². The molecule has 0 amide bonds. The predicted octanol–water partition coefficient (Wildman–Crippen LogP) is 3.40. The third-order valence-corrected chi connectivity index (χ3v) is 3.52. The highest BCUT2D eigenvalue weighted by Gasteiger charge is 2.20. The third-order valence-electron chi connectivity index (χ3n) is 3.52. The van der Waals surface area contributed by atoms with Crippen molar-refractivity contribution >= 4 is 0 Å². The van der Waals surface area contributed by atoms with Gasteiger partial charge in [0, 0.05) is 0 Å². The van der Waals surface area contributed by atoms with Crippen LogP contribution in [0, 0.1) is 6.92 Å². The zero-order valence-electron chi connectivity index (χ0n) is 9.45. The molecule has 0 spiro atoms. The molecule has 1 aliphatic rings. The second kappa shape index (κ2) is 4.80. The minimum atomic E-state index is -0.0860. The Morgan fingerprint density at radius 1 is 1.13 bits per heavy atom.